The molecule has 0 unspecified atom stereocenters. The summed E-state index contributed by atoms with van der Waals surface area (Å²) in [5.74, 6) is 0.486. The molecular weight excluding hydrogens is 536 g/mol. The molecule has 0 saturated carbocycles. The number of nitriles is 1. The van der Waals surface area contributed by atoms with Crippen molar-refractivity contribution in [3.05, 3.63) is 124 Å². The van der Waals surface area contributed by atoms with Crippen molar-refractivity contribution >= 4 is 34.6 Å². The maximum absolute atomic E-state index is 13.2. The highest BCUT2D eigenvalue weighted by Gasteiger charge is 2.15. The molecule has 1 aromatic heterocycles. The van der Waals surface area contributed by atoms with Crippen molar-refractivity contribution < 1.29 is 14.3 Å². The quantitative estimate of drug-likeness (QED) is 0.152. The van der Waals surface area contributed by atoms with Gasteiger partial charge in [-0.3, -0.25) is 4.79 Å². The lowest BCUT2D eigenvalue weighted by atomic mass is 10.0. The van der Waals surface area contributed by atoms with E-state index in [0.717, 1.165) is 16.5 Å². The van der Waals surface area contributed by atoms with Crippen molar-refractivity contribution in [3.63, 3.8) is 0 Å². The molecule has 0 aliphatic carbocycles. The summed E-state index contributed by atoms with van der Waals surface area (Å²) in [5.41, 5.74) is 7.49. The zero-order chi connectivity index (χ0) is 28.6. The van der Waals surface area contributed by atoms with Gasteiger partial charge < -0.3 is 9.47 Å². The summed E-state index contributed by atoms with van der Waals surface area (Å²) in [6.45, 7) is 2.52. The summed E-state index contributed by atoms with van der Waals surface area (Å²) in [5, 5.41) is 14.2. The van der Waals surface area contributed by atoms with E-state index in [0.29, 0.717) is 51.0 Å². The fraction of sp³-hybridized carbons (Fsp3) is 0.0909. The van der Waals surface area contributed by atoms with E-state index in [2.05, 4.69) is 16.6 Å². The van der Waals surface area contributed by atoms with Gasteiger partial charge in [-0.2, -0.15) is 10.4 Å². The molecule has 0 spiro atoms. The molecule has 202 valence electrons. The van der Waals surface area contributed by atoms with Crippen molar-refractivity contribution in [2.75, 3.05) is 6.61 Å². The maximum Gasteiger partial charge on any atom is 0.272 e. The van der Waals surface area contributed by atoms with Gasteiger partial charge in [0.25, 0.3) is 5.91 Å². The number of hydrazone groups is 1. The zero-order valence-corrected chi connectivity index (χ0v) is 22.9. The molecule has 0 fully saturated rings. The average molecular weight is 561 g/mol. The van der Waals surface area contributed by atoms with Gasteiger partial charge in [0.15, 0.2) is 11.5 Å². The van der Waals surface area contributed by atoms with Gasteiger partial charge in [0.05, 0.1) is 46.3 Å². The molecule has 4 aromatic carbocycles. The highest BCUT2D eigenvalue weighted by molar-refractivity contribution is 6.32. The minimum absolute atomic E-state index is 0.250. The molecular formula is C33H25ClN4O3. The van der Waals surface area contributed by atoms with E-state index in [-0.39, 0.29) is 12.5 Å². The Hall–Kier alpha value is -5.19. The number of carbonyl (C=O) groups excluding carboxylic acids is 1. The largest absolute Gasteiger partial charge is 0.490 e. The number of ether oxygens (including phenoxy) is 2. The van der Waals surface area contributed by atoms with E-state index < -0.39 is 0 Å². The van der Waals surface area contributed by atoms with Gasteiger partial charge in [0.2, 0.25) is 0 Å². The number of nitrogens with one attached hydrogen (secondary N) is 1. The second-order valence-electron chi connectivity index (χ2n) is 9.00. The fourth-order valence-corrected chi connectivity index (χ4v) is 4.52. The number of pyridine rings is 1. The highest BCUT2D eigenvalue weighted by Crippen LogP contribution is 2.37. The summed E-state index contributed by atoms with van der Waals surface area (Å²) in [7, 11) is 0. The summed E-state index contributed by atoms with van der Waals surface area (Å²) in [6.07, 6.45) is 1.50. The van der Waals surface area contributed by atoms with E-state index in [4.69, 9.17) is 31.3 Å². The number of para-hydroxylation sites is 1. The third kappa shape index (κ3) is 6.52. The van der Waals surface area contributed by atoms with Crippen LogP contribution in [0.5, 0.6) is 11.5 Å². The molecule has 5 rings (SSSR count). The number of nitrogens with zero attached hydrogens (tertiary/aromatic N) is 3. The Morgan fingerprint density at radius 1 is 1.00 bits per heavy atom. The normalized spacial score (nSPS) is 10.9. The monoisotopic (exact) mass is 560 g/mol. The Kier molecular flexibility index (Phi) is 8.53. The first-order chi connectivity index (χ1) is 20.1. The lowest BCUT2D eigenvalue weighted by Crippen LogP contribution is -2.18. The summed E-state index contributed by atoms with van der Waals surface area (Å²) < 4.78 is 11.7. The van der Waals surface area contributed by atoms with E-state index >= 15 is 0 Å². The molecule has 1 N–H and O–H groups in total. The van der Waals surface area contributed by atoms with Crippen LogP contribution in [0.1, 0.15) is 34.0 Å². The van der Waals surface area contributed by atoms with E-state index in [1.807, 2.05) is 73.7 Å². The van der Waals surface area contributed by atoms with E-state index in [9.17, 15) is 4.79 Å². The van der Waals surface area contributed by atoms with Crippen LogP contribution in [0.25, 0.3) is 22.2 Å². The number of aromatic nitrogens is 1. The standard InChI is InChI=1S/C33H25ClN4O3/c1-2-40-31-17-24(16-28(34)32(31)41-21-23-14-12-22(19-35)13-15-23)20-36-38-33(39)27-18-30(25-8-4-3-5-9-25)37-29-11-7-6-10-26(27)29/h3-18,20H,2,21H2,1H3,(H,38,39)/b36-20-. The van der Waals surface area contributed by atoms with Crippen LogP contribution >= 0.6 is 11.6 Å². The summed E-state index contributed by atoms with van der Waals surface area (Å²) in [4.78, 5) is 18.0. The van der Waals surface area contributed by atoms with Gasteiger partial charge in [-0.05, 0) is 54.4 Å². The van der Waals surface area contributed by atoms with E-state index in [1.165, 1.54) is 6.21 Å². The van der Waals surface area contributed by atoms with Gasteiger partial charge in [-0.15, -0.1) is 0 Å². The number of amides is 1. The Bertz CT molecular complexity index is 1760. The van der Waals surface area contributed by atoms with Crippen LogP contribution in [-0.2, 0) is 6.61 Å². The Labute approximate surface area is 242 Å². The minimum atomic E-state index is -0.365. The molecule has 0 aliphatic heterocycles. The topological polar surface area (TPSA) is 96.6 Å². The maximum atomic E-state index is 13.2. The molecule has 0 saturated heterocycles. The fourth-order valence-electron chi connectivity index (χ4n) is 4.24. The number of halogens is 1. The van der Waals surface area contributed by atoms with Crippen molar-refractivity contribution in [2.45, 2.75) is 13.5 Å². The first-order valence-electron chi connectivity index (χ1n) is 12.9. The summed E-state index contributed by atoms with van der Waals surface area (Å²) in [6, 6.07) is 31.6. The molecule has 41 heavy (non-hydrogen) atoms. The molecule has 7 nitrogen and oxygen atoms in total. The van der Waals surface area contributed by atoms with Crippen LogP contribution in [0.3, 0.4) is 0 Å². The molecule has 0 bridgehead atoms. The molecule has 1 heterocycles. The van der Waals surface area contributed by atoms with Crippen molar-refractivity contribution in [2.24, 2.45) is 5.10 Å². The molecule has 1 amide bonds. The number of fused-ring (bicyclic) bond motifs is 1. The molecule has 0 radical (unpaired) electrons. The lowest BCUT2D eigenvalue weighted by molar-refractivity contribution is 0.0956. The van der Waals surface area contributed by atoms with Crippen molar-refractivity contribution in [3.8, 4) is 28.8 Å². The number of hydrogen-bond acceptors (Lipinski definition) is 6. The summed E-state index contributed by atoms with van der Waals surface area (Å²) >= 11 is 6.56. The first-order valence-corrected chi connectivity index (χ1v) is 13.3. The number of hydrogen-bond donors (Lipinski definition) is 1. The molecule has 5 aromatic rings. The van der Waals surface area contributed by atoms with Crippen molar-refractivity contribution in [1.82, 2.24) is 10.4 Å². The zero-order valence-electron chi connectivity index (χ0n) is 22.2. The van der Waals surface area contributed by atoms with Gasteiger partial charge >= 0.3 is 0 Å². The van der Waals surface area contributed by atoms with Crippen LogP contribution in [0.15, 0.2) is 102 Å². The van der Waals surface area contributed by atoms with Gasteiger partial charge in [-0.1, -0.05) is 72.3 Å². The second kappa shape index (κ2) is 12.8. The Morgan fingerprint density at radius 3 is 2.51 bits per heavy atom. The Morgan fingerprint density at radius 2 is 1.76 bits per heavy atom. The Balaban J connectivity index is 1.35. The smallest absolute Gasteiger partial charge is 0.272 e. The molecule has 0 aliphatic rings. The predicted octanol–water partition coefficient (Wildman–Crippen LogP) is 7.17. The van der Waals surface area contributed by atoms with Crippen LogP contribution in [0.2, 0.25) is 5.02 Å². The highest BCUT2D eigenvalue weighted by atomic mass is 35.5. The lowest BCUT2D eigenvalue weighted by Gasteiger charge is -2.14. The number of rotatable bonds is 9. The minimum Gasteiger partial charge on any atom is -0.490 e. The third-order valence-electron chi connectivity index (χ3n) is 6.21. The SMILES string of the molecule is CCOc1cc(/C=N\NC(=O)c2cc(-c3ccccc3)nc3ccccc23)cc(Cl)c1OCc1ccc(C#N)cc1. The van der Waals surface area contributed by atoms with Gasteiger partial charge in [-0.25, -0.2) is 10.4 Å². The van der Waals surface area contributed by atoms with Gasteiger partial charge in [0.1, 0.15) is 6.61 Å². The van der Waals surface area contributed by atoms with Crippen LogP contribution in [0.4, 0.5) is 0 Å². The van der Waals surface area contributed by atoms with Crippen LogP contribution in [-0.4, -0.2) is 23.7 Å². The first kappa shape index (κ1) is 27.4. The average Bonchev–Trinajstić information content (AvgIpc) is 3.01. The van der Waals surface area contributed by atoms with Crippen LogP contribution < -0.4 is 14.9 Å². The number of carbonyl (C=O) groups is 1. The van der Waals surface area contributed by atoms with E-state index in [1.54, 1.807) is 30.3 Å². The molecule has 8 heteroatoms. The third-order valence-corrected chi connectivity index (χ3v) is 6.49. The van der Waals surface area contributed by atoms with Crippen molar-refractivity contribution in [1.29, 1.82) is 5.26 Å². The van der Waals surface area contributed by atoms with Crippen LogP contribution in [0, 0.1) is 11.3 Å². The second-order valence-corrected chi connectivity index (χ2v) is 9.40. The molecule has 0 atom stereocenters. The predicted molar refractivity (Wildman–Crippen MR) is 160 cm³/mol. The van der Waals surface area contributed by atoms with Gasteiger partial charge in [0, 0.05) is 10.9 Å². The number of benzene rings is 4.